The summed E-state index contributed by atoms with van der Waals surface area (Å²) in [4.78, 5) is 22.5. The number of hydrogen-bond donors (Lipinski definition) is 2. The molecule has 0 saturated heterocycles. The predicted molar refractivity (Wildman–Crippen MR) is 62.4 cm³/mol. The van der Waals surface area contributed by atoms with E-state index >= 15 is 0 Å². The van der Waals surface area contributed by atoms with Crippen molar-refractivity contribution in [3.05, 3.63) is 35.4 Å². The third kappa shape index (κ3) is 3.55. The molecule has 0 aliphatic carbocycles. The first-order valence-electron chi connectivity index (χ1n) is 4.81. The van der Waals surface area contributed by atoms with Crippen LogP contribution in [0.3, 0.4) is 0 Å². The molecule has 0 radical (unpaired) electrons. The molecule has 0 aliphatic rings. The van der Waals surface area contributed by atoms with Crippen molar-refractivity contribution in [2.75, 3.05) is 13.6 Å². The maximum Gasteiger partial charge on any atom is 0.251 e. The summed E-state index contributed by atoms with van der Waals surface area (Å²) in [5.74, 6) is -0.159. The van der Waals surface area contributed by atoms with Crippen LogP contribution in [0.15, 0.2) is 24.3 Å². The fourth-order valence-corrected chi connectivity index (χ4v) is 1.31. The molecule has 86 valence electrons. The first kappa shape index (κ1) is 12.5. The standard InChI is InChI=1S/C11H13ClN2O2/c1-13-10(15)7-14-11(16)9-4-2-3-8(5-9)6-12/h2-5H,6-7H2,1H3,(H,13,15)(H,14,16). The molecule has 4 nitrogen and oxygen atoms in total. The predicted octanol–water partition coefficient (Wildman–Crippen LogP) is 0.901. The maximum absolute atomic E-state index is 11.6. The van der Waals surface area contributed by atoms with Gasteiger partial charge in [0.25, 0.3) is 5.91 Å². The van der Waals surface area contributed by atoms with Crippen LogP contribution in [0, 0.1) is 0 Å². The van der Waals surface area contributed by atoms with Crippen molar-refractivity contribution in [2.45, 2.75) is 5.88 Å². The topological polar surface area (TPSA) is 58.2 Å². The Hall–Kier alpha value is -1.55. The minimum absolute atomic E-state index is 0.0273. The van der Waals surface area contributed by atoms with Gasteiger partial charge in [0, 0.05) is 18.5 Å². The number of carbonyl (C=O) groups excluding carboxylic acids is 2. The van der Waals surface area contributed by atoms with Crippen LogP contribution in [0.2, 0.25) is 0 Å². The average molecular weight is 241 g/mol. The van der Waals surface area contributed by atoms with Crippen LogP contribution >= 0.6 is 11.6 Å². The molecule has 5 heteroatoms. The van der Waals surface area contributed by atoms with E-state index in [0.29, 0.717) is 11.4 Å². The van der Waals surface area contributed by atoms with Gasteiger partial charge in [-0.05, 0) is 17.7 Å². The molecular weight excluding hydrogens is 228 g/mol. The first-order valence-corrected chi connectivity index (χ1v) is 5.34. The summed E-state index contributed by atoms with van der Waals surface area (Å²) in [6.45, 7) is -0.0273. The first-order chi connectivity index (χ1) is 7.67. The van der Waals surface area contributed by atoms with Gasteiger partial charge < -0.3 is 10.6 Å². The van der Waals surface area contributed by atoms with Crippen molar-refractivity contribution < 1.29 is 9.59 Å². The van der Waals surface area contributed by atoms with Gasteiger partial charge in [0.15, 0.2) is 0 Å². The van der Waals surface area contributed by atoms with E-state index in [1.165, 1.54) is 7.05 Å². The molecule has 16 heavy (non-hydrogen) atoms. The molecule has 0 aromatic heterocycles. The van der Waals surface area contributed by atoms with Crippen molar-refractivity contribution in [1.29, 1.82) is 0 Å². The van der Waals surface area contributed by atoms with Gasteiger partial charge in [0.05, 0.1) is 6.54 Å². The molecule has 1 aromatic rings. The number of benzene rings is 1. The Bertz CT molecular complexity index is 393. The van der Waals surface area contributed by atoms with Crippen LogP contribution < -0.4 is 10.6 Å². The minimum atomic E-state index is -0.282. The lowest BCUT2D eigenvalue weighted by Gasteiger charge is -2.05. The molecule has 0 atom stereocenters. The summed E-state index contributed by atoms with van der Waals surface area (Å²) in [5.41, 5.74) is 1.37. The Labute approximate surface area is 99.0 Å². The summed E-state index contributed by atoms with van der Waals surface area (Å²) >= 11 is 5.66. The minimum Gasteiger partial charge on any atom is -0.358 e. The average Bonchev–Trinajstić information content (AvgIpc) is 2.35. The van der Waals surface area contributed by atoms with Gasteiger partial charge in [-0.15, -0.1) is 11.6 Å². The monoisotopic (exact) mass is 240 g/mol. The zero-order valence-corrected chi connectivity index (χ0v) is 9.67. The van der Waals surface area contributed by atoms with E-state index in [-0.39, 0.29) is 18.4 Å². The van der Waals surface area contributed by atoms with Gasteiger partial charge in [0.2, 0.25) is 5.91 Å². The number of halogens is 1. The van der Waals surface area contributed by atoms with Crippen molar-refractivity contribution in [2.24, 2.45) is 0 Å². The van der Waals surface area contributed by atoms with E-state index in [0.717, 1.165) is 5.56 Å². The van der Waals surface area contributed by atoms with Crippen molar-refractivity contribution >= 4 is 23.4 Å². The molecule has 1 aromatic carbocycles. The van der Waals surface area contributed by atoms with Crippen LogP contribution in [0.4, 0.5) is 0 Å². The highest BCUT2D eigenvalue weighted by Gasteiger charge is 2.07. The number of likely N-dealkylation sites (N-methyl/N-ethyl adjacent to an activating group) is 1. The van der Waals surface area contributed by atoms with Crippen molar-refractivity contribution in [3.63, 3.8) is 0 Å². The van der Waals surface area contributed by atoms with E-state index < -0.39 is 0 Å². The summed E-state index contributed by atoms with van der Waals surface area (Å²) in [6.07, 6.45) is 0. The largest absolute Gasteiger partial charge is 0.358 e. The molecule has 0 heterocycles. The Morgan fingerprint density at radius 1 is 1.38 bits per heavy atom. The van der Waals surface area contributed by atoms with Gasteiger partial charge in [-0.3, -0.25) is 9.59 Å². The highest BCUT2D eigenvalue weighted by atomic mass is 35.5. The van der Waals surface area contributed by atoms with Crippen molar-refractivity contribution in [3.8, 4) is 0 Å². The Morgan fingerprint density at radius 2 is 2.12 bits per heavy atom. The van der Waals surface area contributed by atoms with Crippen LogP contribution in [-0.4, -0.2) is 25.4 Å². The number of alkyl halides is 1. The molecule has 0 aliphatic heterocycles. The molecule has 2 amide bonds. The van der Waals surface area contributed by atoms with Crippen LogP contribution in [0.5, 0.6) is 0 Å². The lowest BCUT2D eigenvalue weighted by molar-refractivity contribution is -0.119. The number of amides is 2. The van der Waals surface area contributed by atoms with Gasteiger partial charge in [-0.25, -0.2) is 0 Å². The normalized spacial score (nSPS) is 9.62. The summed E-state index contributed by atoms with van der Waals surface area (Å²) in [7, 11) is 1.52. The molecule has 0 unspecified atom stereocenters. The number of rotatable bonds is 4. The second kappa shape index (κ2) is 6.12. The second-order valence-corrected chi connectivity index (χ2v) is 3.46. The molecular formula is C11H13ClN2O2. The van der Waals surface area contributed by atoms with Crippen molar-refractivity contribution in [1.82, 2.24) is 10.6 Å². The number of carbonyl (C=O) groups is 2. The maximum atomic E-state index is 11.6. The fraction of sp³-hybridized carbons (Fsp3) is 0.273. The Kier molecular flexibility index (Phi) is 4.79. The zero-order valence-electron chi connectivity index (χ0n) is 8.92. The SMILES string of the molecule is CNC(=O)CNC(=O)c1cccc(CCl)c1. The summed E-state index contributed by atoms with van der Waals surface area (Å²) in [5, 5.41) is 4.93. The summed E-state index contributed by atoms with van der Waals surface area (Å²) < 4.78 is 0. The fourth-order valence-electron chi connectivity index (χ4n) is 1.15. The Balaban J connectivity index is 2.62. The van der Waals surface area contributed by atoms with E-state index in [1.54, 1.807) is 18.2 Å². The third-order valence-electron chi connectivity index (χ3n) is 2.03. The molecule has 2 N–H and O–H groups in total. The van der Waals surface area contributed by atoms with Gasteiger partial charge in [-0.2, -0.15) is 0 Å². The van der Waals surface area contributed by atoms with E-state index in [1.807, 2.05) is 6.07 Å². The lowest BCUT2D eigenvalue weighted by Crippen LogP contribution is -2.35. The van der Waals surface area contributed by atoms with Crippen LogP contribution in [-0.2, 0) is 10.7 Å². The molecule has 0 spiro atoms. The summed E-state index contributed by atoms with van der Waals surface area (Å²) in [6, 6.07) is 6.97. The molecule has 1 rings (SSSR count). The van der Waals surface area contributed by atoms with Crippen LogP contribution in [0.1, 0.15) is 15.9 Å². The highest BCUT2D eigenvalue weighted by molar-refractivity contribution is 6.17. The third-order valence-corrected chi connectivity index (χ3v) is 2.34. The van der Waals surface area contributed by atoms with E-state index in [9.17, 15) is 9.59 Å². The Morgan fingerprint density at radius 3 is 2.75 bits per heavy atom. The van der Waals surface area contributed by atoms with Gasteiger partial charge >= 0.3 is 0 Å². The quantitative estimate of drug-likeness (QED) is 0.769. The number of hydrogen-bond acceptors (Lipinski definition) is 2. The molecule has 0 fully saturated rings. The molecule has 0 bridgehead atoms. The molecule has 0 saturated carbocycles. The zero-order chi connectivity index (χ0) is 12.0. The highest BCUT2D eigenvalue weighted by Crippen LogP contribution is 2.07. The van der Waals surface area contributed by atoms with E-state index in [4.69, 9.17) is 11.6 Å². The second-order valence-electron chi connectivity index (χ2n) is 3.19. The smallest absolute Gasteiger partial charge is 0.251 e. The van der Waals surface area contributed by atoms with Crippen LogP contribution in [0.25, 0.3) is 0 Å². The van der Waals surface area contributed by atoms with Gasteiger partial charge in [0.1, 0.15) is 0 Å². The van der Waals surface area contributed by atoms with Gasteiger partial charge in [-0.1, -0.05) is 12.1 Å². The number of nitrogens with one attached hydrogen (secondary N) is 2. The van der Waals surface area contributed by atoms with E-state index in [2.05, 4.69) is 10.6 Å². The lowest BCUT2D eigenvalue weighted by atomic mass is 10.1.